The van der Waals surface area contributed by atoms with Crippen molar-refractivity contribution in [2.45, 2.75) is 19.8 Å². The quantitative estimate of drug-likeness (QED) is 0.925. The van der Waals surface area contributed by atoms with E-state index in [9.17, 15) is 14.0 Å². The van der Waals surface area contributed by atoms with Crippen LogP contribution in [0.1, 0.15) is 28.8 Å². The molecule has 1 heterocycles. The Hall–Kier alpha value is -2.69. The summed E-state index contributed by atoms with van der Waals surface area (Å²) in [6, 6.07) is 12.4. The number of carboxylic acid groups (broad SMARTS) is 1. The molecule has 1 amide bonds. The third-order valence-corrected chi connectivity index (χ3v) is 4.72. The summed E-state index contributed by atoms with van der Waals surface area (Å²) in [6.07, 6.45) is 0.814. The molecule has 0 unspecified atom stereocenters. The number of piperidine rings is 1. The maximum Gasteiger partial charge on any atom is 0.306 e. The van der Waals surface area contributed by atoms with Gasteiger partial charge in [-0.25, -0.2) is 4.39 Å². The molecule has 1 saturated heterocycles. The minimum atomic E-state index is -0.833. The topological polar surface area (TPSA) is 57.6 Å². The number of carbonyl (C=O) groups is 2. The van der Waals surface area contributed by atoms with Crippen LogP contribution in [0.25, 0.3) is 11.1 Å². The molecule has 1 aliphatic rings. The predicted octanol–water partition coefficient (Wildman–Crippen LogP) is 3.74. The van der Waals surface area contributed by atoms with Gasteiger partial charge >= 0.3 is 5.97 Å². The molecule has 1 aliphatic heterocycles. The number of aliphatic carboxylic acids is 1. The van der Waals surface area contributed by atoms with Crippen LogP contribution in [0.3, 0.4) is 0 Å². The third-order valence-electron chi connectivity index (χ3n) is 4.72. The summed E-state index contributed by atoms with van der Waals surface area (Å²) in [5.74, 6) is -2.18. The van der Waals surface area contributed by atoms with Gasteiger partial charge in [-0.05, 0) is 43.0 Å². The first-order valence-corrected chi connectivity index (χ1v) is 8.34. The Kier molecular flexibility index (Phi) is 4.83. The largest absolute Gasteiger partial charge is 0.481 e. The van der Waals surface area contributed by atoms with Crippen LogP contribution in [-0.4, -0.2) is 35.0 Å². The molecule has 2 aromatic carbocycles. The lowest BCUT2D eigenvalue weighted by Crippen LogP contribution is -2.40. The molecule has 2 aromatic rings. The number of carboxylic acids is 1. The van der Waals surface area contributed by atoms with E-state index in [0.717, 1.165) is 16.7 Å². The minimum Gasteiger partial charge on any atom is -0.481 e. The van der Waals surface area contributed by atoms with Crippen LogP contribution in [0.4, 0.5) is 4.39 Å². The van der Waals surface area contributed by atoms with Gasteiger partial charge in [0.1, 0.15) is 5.82 Å². The van der Waals surface area contributed by atoms with Gasteiger partial charge in [-0.2, -0.15) is 0 Å². The predicted molar refractivity (Wildman–Crippen MR) is 92.8 cm³/mol. The Morgan fingerprint density at radius 2 is 1.64 bits per heavy atom. The Bertz CT molecular complexity index is 793. The SMILES string of the molecule is Cc1ccc(-c2ccc(C(=O)N3CCC(C(=O)O)CC3)c(F)c2)cc1. The Morgan fingerprint density at radius 3 is 2.20 bits per heavy atom. The van der Waals surface area contributed by atoms with Gasteiger partial charge < -0.3 is 10.0 Å². The van der Waals surface area contributed by atoms with Crippen LogP contribution in [-0.2, 0) is 4.79 Å². The molecule has 5 heteroatoms. The standard InChI is InChI=1S/C20H20FNO3/c1-13-2-4-14(5-3-13)16-6-7-17(18(21)12-16)19(23)22-10-8-15(9-11-22)20(24)25/h2-7,12,15H,8-11H2,1H3,(H,24,25). The van der Waals surface area contributed by atoms with Crippen LogP contribution >= 0.6 is 0 Å². The highest BCUT2D eigenvalue weighted by Crippen LogP contribution is 2.25. The van der Waals surface area contributed by atoms with Crippen molar-refractivity contribution in [1.82, 2.24) is 4.90 Å². The summed E-state index contributed by atoms with van der Waals surface area (Å²) in [4.78, 5) is 25.0. The summed E-state index contributed by atoms with van der Waals surface area (Å²) < 4.78 is 14.5. The van der Waals surface area contributed by atoms with Crippen molar-refractivity contribution in [2.24, 2.45) is 5.92 Å². The highest BCUT2D eigenvalue weighted by molar-refractivity contribution is 5.95. The van der Waals surface area contributed by atoms with Crippen LogP contribution in [0.2, 0.25) is 0 Å². The number of aryl methyl sites for hydroxylation is 1. The van der Waals surface area contributed by atoms with Crippen LogP contribution < -0.4 is 0 Å². The Labute approximate surface area is 145 Å². The summed E-state index contributed by atoms with van der Waals surface area (Å²) in [5.41, 5.74) is 2.77. The second-order valence-electron chi connectivity index (χ2n) is 6.47. The van der Waals surface area contributed by atoms with Gasteiger partial charge in [0.2, 0.25) is 0 Å². The zero-order chi connectivity index (χ0) is 18.0. The molecule has 0 spiro atoms. The molecule has 25 heavy (non-hydrogen) atoms. The molecule has 0 bridgehead atoms. The van der Waals surface area contributed by atoms with Gasteiger partial charge in [0, 0.05) is 13.1 Å². The molecule has 3 rings (SSSR count). The van der Waals surface area contributed by atoms with Crippen molar-refractivity contribution in [2.75, 3.05) is 13.1 Å². The Morgan fingerprint density at radius 1 is 1.04 bits per heavy atom. The van der Waals surface area contributed by atoms with E-state index >= 15 is 0 Å². The zero-order valence-corrected chi connectivity index (χ0v) is 14.0. The average molecular weight is 341 g/mol. The summed E-state index contributed by atoms with van der Waals surface area (Å²) in [5, 5.41) is 9.02. The van der Waals surface area contributed by atoms with Gasteiger partial charge in [0.25, 0.3) is 5.91 Å². The monoisotopic (exact) mass is 341 g/mol. The van der Waals surface area contributed by atoms with Gasteiger partial charge in [-0.15, -0.1) is 0 Å². The fraction of sp³-hybridized carbons (Fsp3) is 0.300. The fourth-order valence-electron chi connectivity index (χ4n) is 3.11. The van der Waals surface area contributed by atoms with Gasteiger partial charge in [-0.1, -0.05) is 35.9 Å². The molecule has 1 N–H and O–H groups in total. The molecule has 0 atom stereocenters. The molecular weight excluding hydrogens is 321 g/mol. The van der Waals surface area contributed by atoms with E-state index in [1.54, 1.807) is 6.07 Å². The highest BCUT2D eigenvalue weighted by atomic mass is 19.1. The molecule has 0 saturated carbocycles. The molecule has 0 radical (unpaired) electrons. The van der Waals surface area contributed by atoms with Gasteiger partial charge in [0.05, 0.1) is 11.5 Å². The van der Waals surface area contributed by atoms with Crippen LogP contribution in [0.15, 0.2) is 42.5 Å². The van der Waals surface area contributed by atoms with E-state index in [1.165, 1.54) is 17.0 Å². The van der Waals surface area contributed by atoms with Crippen LogP contribution in [0, 0.1) is 18.7 Å². The molecule has 0 aromatic heterocycles. The van der Waals surface area contributed by atoms with Gasteiger partial charge in [-0.3, -0.25) is 9.59 Å². The van der Waals surface area contributed by atoms with E-state index in [-0.39, 0.29) is 11.5 Å². The van der Waals surface area contributed by atoms with Crippen molar-refractivity contribution < 1.29 is 19.1 Å². The number of hydrogen-bond donors (Lipinski definition) is 1. The normalized spacial score (nSPS) is 15.2. The first-order valence-electron chi connectivity index (χ1n) is 8.34. The summed E-state index contributed by atoms with van der Waals surface area (Å²) in [6.45, 7) is 2.67. The molecule has 1 fully saturated rings. The number of rotatable bonds is 3. The average Bonchev–Trinajstić information content (AvgIpc) is 2.62. The molecule has 4 nitrogen and oxygen atoms in total. The first-order chi connectivity index (χ1) is 12.0. The van der Waals surface area contributed by atoms with Crippen molar-refractivity contribution in [1.29, 1.82) is 0 Å². The number of benzene rings is 2. The lowest BCUT2D eigenvalue weighted by atomic mass is 9.96. The lowest BCUT2D eigenvalue weighted by molar-refractivity contribution is -0.143. The van der Waals surface area contributed by atoms with Crippen molar-refractivity contribution >= 4 is 11.9 Å². The fourth-order valence-corrected chi connectivity index (χ4v) is 3.11. The number of carbonyl (C=O) groups excluding carboxylic acids is 1. The van der Waals surface area contributed by atoms with E-state index in [4.69, 9.17) is 5.11 Å². The van der Waals surface area contributed by atoms with Crippen molar-refractivity contribution in [3.8, 4) is 11.1 Å². The first kappa shape index (κ1) is 17.1. The number of likely N-dealkylation sites (tertiary alicyclic amines) is 1. The van der Waals surface area contributed by atoms with Gasteiger partial charge in [0.15, 0.2) is 0 Å². The van der Waals surface area contributed by atoms with E-state index in [0.29, 0.717) is 25.9 Å². The maximum atomic E-state index is 14.5. The maximum absolute atomic E-state index is 14.5. The second kappa shape index (κ2) is 7.05. The smallest absolute Gasteiger partial charge is 0.306 e. The Balaban J connectivity index is 1.76. The van der Waals surface area contributed by atoms with Crippen molar-refractivity contribution in [3.63, 3.8) is 0 Å². The number of nitrogens with zero attached hydrogens (tertiary/aromatic N) is 1. The van der Waals surface area contributed by atoms with E-state index < -0.39 is 17.7 Å². The van der Waals surface area contributed by atoms with E-state index in [1.807, 2.05) is 31.2 Å². The second-order valence-corrected chi connectivity index (χ2v) is 6.47. The van der Waals surface area contributed by atoms with Crippen LogP contribution in [0.5, 0.6) is 0 Å². The lowest BCUT2D eigenvalue weighted by Gasteiger charge is -2.30. The number of amides is 1. The zero-order valence-electron chi connectivity index (χ0n) is 14.0. The third kappa shape index (κ3) is 3.71. The van der Waals surface area contributed by atoms with Crippen molar-refractivity contribution in [3.05, 3.63) is 59.4 Å². The molecule has 0 aliphatic carbocycles. The highest BCUT2D eigenvalue weighted by Gasteiger charge is 2.28. The number of halogens is 1. The summed E-state index contributed by atoms with van der Waals surface area (Å²) >= 11 is 0. The van der Waals surface area contributed by atoms with E-state index in [2.05, 4.69) is 0 Å². The number of hydrogen-bond acceptors (Lipinski definition) is 2. The minimum absolute atomic E-state index is 0.0321. The molecule has 130 valence electrons. The summed E-state index contributed by atoms with van der Waals surface area (Å²) in [7, 11) is 0. The molecular formula is C20H20FNO3.